The summed E-state index contributed by atoms with van der Waals surface area (Å²) in [5.41, 5.74) is 2.18. The van der Waals surface area contributed by atoms with Crippen LogP contribution in [0.3, 0.4) is 0 Å². The van der Waals surface area contributed by atoms with Crippen LogP contribution in [0.25, 0.3) is 0 Å². The third-order valence-corrected chi connectivity index (χ3v) is 8.09. The van der Waals surface area contributed by atoms with Crippen molar-refractivity contribution in [2.75, 3.05) is 20.3 Å². The van der Waals surface area contributed by atoms with E-state index in [1.165, 1.54) is 24.8 Å². The molecule has 0 amide bonds. The minimum absolute atomic E-state index is 0.203. The molecule has 0 unspecified atom stereocenters. The van der Waals surface area contributed by atoms with E-state index in [1.807, 2.05) is 22.8 Å². The average molecular weight is 434 g/mol. The van der Waals surface area contributed by atoms with Crippen molar-refractivity contribution in [1.29, 1.82) is 0 Å². The number of ether oxygens (including phenoxy) is 1. The van der Waals surface area contributed by atoms with Crippen molar-refractivity contribution in [3.05, 3.63) is 47.8 Å². The Bertz CT molecular complexity index is 894. The molecule has 0 saturated carbocycles. The molecule has 1 aromatic carbocycles. The molecule has 1 fully saturated rings. The second kappa shape index (κ2) is 10.6. The molecule has 3 rings (SSSR count). The van der Waals surface area contributed by atoms with Crippen molar-refractivity contribution >= 4 is 9.84 Å². The summed E-state index contributed by atoms with van der Waals surface area (Å²) in [6.45, 7) is 6.56. The Morgan fingerprint density at radius 3 is 2.67 bits per heavy atom. The number of hydrogen-bond donors (Lipinski definition) is 0. The molecule has 1 atom stereocenters. The van der Waals surface area contributed by atoms with Crippen LogP contribution in [0.5, 0.6) is 0 Å². The lowest BCUT2D eigenvalue weighted by atomic mass is 9.99. The largest absolute Gasteiger partial charge is 0.385 e. The first kappa shape index (κ1) is 23.0. The molecule has 166 valence electrons. The van der Waals surface area contributed by atoms with Crippen molar-refractivity contribution < 1.29 is 13.2 Å². The van der Waals surface area contributed by atoms with E-state index >= 15 is 0 Å². The van der Waals surface area contributed by atoms with Crippen molar-refractivity contribution in [3.63, 3.8) is 0 Å². The predicted octanol–water partition coefficient (Wildman–Crippen LogP) is 3.70. The highest BCUT2D eigenvalue weighted by atomic mass is 32.2. The molecule has 1 aliphatic heterocycles. The number of aromatic nitrogens is 2. The smallest absolute Gasteiger partial charge is 0.228 e. The van der Waals surface area contributed by atoms with E-state index in [0.717, 1.165) is 38.2 Å². The van der Waals surface area contributed by atoms with Gasteiger partial charge in [-0.05, 0) is 51.6 Å². The van der Waals surface area contributed by atoms with Gasteiger partial charge in [0.1, 0.15) is 0 Å². The molecule has 2 heterocycles. The van der Waals surface area contributed by atoms with Gasteiger partial charge in [0.05, 0.1) is 17.1 Å². The van der Waals surface area contributed by atoms with Gasteiger partial charge in [-0.1, -0.05) is 36.8 Å². The zero-order chi connectivity index (χ0) is 21.6. The molecular formula is C23H35N3O3S. The van der Waals surface area contributed by atoms with Crippen LogP contribution in [0, 0.1) is 0 Å². The van der Waals surface area contributed by atoms with E-state index in [2.05, 4.69) is 22.0 Å². The van der Waals surface area contributed by atoms with E-state index < -0.39 is 15.1 Å². The first-order valence-corrected chi connectivity index (χ1v) is 12.5. The summed E-state index contributed by atoms with van der Waals surface area (Å²) >= 11 is 0. The third-order valence-electron chi connectivity index (χ3n) is 6.01. The molecule has 6 nitrogen and oxygen atoms in total. The van der Waals surface area contributed by atoms with Crippen molar-refractivity contribution in [3.8, 4) is 0 Å². The lowest BCUT2D eigenvalue weighted by molar-refractivity contribution is 0.0952. The predicted molar refractivity (Wildman–Crippen MR) is 119 cm³/mol. The van der Waals surface area contributed by atoms with E-state index in [4.69, 9.17) is 4.74 Å². The number of imidazole rings is 1. The average Bonchev–Trinajstić information content (AvgIpc) is 3.15. The normalized spacial score (nSPS) is 18.2. The molecular weight excluding hydrogens is 398 g/mol. The highest BCUT2D eigenvalue weighted by molar-refractivity contribution is 7.91. The zero-order valence-electron chi connectivity index (χ0n) is 18.5. The number of hydrogen-bond acceptors (Lipinski definition) is 5. The van der Waals surface area contributed by atoms with Gasteiger partial charge in [-0.3, -0.25) is 4.90 Å². The van der Waals surface area contributed by atoms with Gasteiger partial charge in [-0.25, -0.2) is 13.4 Å². The van der Waals surface area contributed by atoms with Gasteiger partial charge in [-0.15, -0.1) is 0 Å². The summed E-state index contributed by atoms with van der Waals surface area (Å²) in [5, 5.41) is -0.290. The van der Waals surface area contributed by atoms with Gasteiger partial charge in [-0.2, -0.15) is 0 Å². The Kier molecular flexibility index (Phi) is 8.08. The van der Waals surface area contributed by atoms with E-state index in [-0.39, 0.29) is 5.16 Å². The zero-order valence-corrected chi connectivity index (χ0v) is 19.3. The van der Waals surface area contributed by atoms with Crippen molar-refractivity contribution in [2.45, 2.75) is 75.5 Å². The standard InChI is InChI=1S/C23H35N3O3S/c1-19(2)30(27,28)23-24-17-22(26(23)15-12-20-9-5-4-6-10-20)18-25-14-8-7-11-21(25)13-16-29-3/h4-6,9-10,17,19,21H,7-8,11-16,18H2,1-3H3/t21-/m0/s1. The molecule has 1 aliphatic rings. The van der Waals surface area contributed by atoms with E-state index in [9.17, 15) is 8.42 Å². The summed E-state index contributed by atoms with van der Waals surface area (Å²) in [6, 6.07) is 10.7. The molecule has 2 aromatic rings. The Balaban J connectivity index is 1.86. The lowest BCUT2D eigenvalue weighted by Crippen LogP contribution is -2.40. The summed E-state index contributed by atoms with van der Waals surface area (Å²) in [7, 11) is -1.70. The number of nitrogens with zero attached hydrogens (tertiary/aromatic N) is 3. The number of benzene rings is 1. The van der Waals surface area contributed by atoms with Crippen LogP contribution in [0.15, 0.2) is 41.7 Å². The maximum Gasteiger partial charge on any atom is 0.228 e. The number of sulfone groups is 1. The highest BCUT2D eigenvalue weighted by Gasteiger charge is 2.29. The number of methoxy groups -OCH3 is 1. The van der Waals surface area contributed by atoms with Crippen LogP contribution in [0.4, 0.5) is 0 Å². The first-order valence-electron chi connectivity index (χ1n) is 11.0. The SMILES string of the molecule is COCC[C@@H]1CCCCN1Cc1cnc(S(=O)(=O)C(C)C)n1CCc1ccccc1. The molecule has 1 aromatic heterocycles. The number of aryl methyl sites for hydroxylation is 1. The Morgan fingerprint density at radius 1 is 1.20 bits per heavy atom. The van der Waals surface area contributed by atoms with Crippen LogP contribution < -0.4 is 0 Å². The Morgan fingerprint density at radius 2 is 1.97 bits per heavy atom. The maximum absolute atomic E-state index is 13.0. The third kappa shape index (κ3) is 5.50. The molecule has 0 spiro atoms. The highest BCUT2D eigenvalue weighted by Crippen LogP contribution is 2.24. The fourth-order valence-corrected chi connectivity index (χ4v) is 5.27. The first-order chi connectivity index (χ1) is 14.4. The maximum atomic E-state index is 13.0. The summed E-state index contributed by atoms with van der Waals surface area (Å²) < 4.78 is 33.2. The summed E-state index contributed by atoms with van der Waals surface area (Å²) in [4.78, 5) is 6.87. The molecule has 1 saturated heterocycles. The van der Waals surface area contributed by atoms with Gasteiger partial charge in [0.15, 0.2) is 0 Å². The van der Waals surface area contributed by atoms with Crippen LogP contribution in [0.2, 0.25) is 0 Å². The molecule has 0 bridgehead atoms. The minimum atomic E-state index is -3.45. The van der Waals surface area contributed by atoms with Gasteiger partial charge in [0.25, 0.3) is 0 Å². The van der Waals surface area contributed by atoms with Gasteiger partial charge in [0, 0.05) is 32.8 Å². The second-order valence-electron chi connectivity index (χ2n) is 8.41. The van der Waals surface area contributed by atoms with Gasteiger partial charge >= 0.3 is 0 Å². The Hall–Kier alpha value is -1.70. The van der Waals surface area contributed by atoms with E-state index in [0.29, 0.717) is 12.6 Å². The number of likely N-dealkylation sites (tertiary alicyclic amines) is 1. The number of rotatable bonds is 10. The molecule has 7 heteroatoms. The van der Waals surface area contributed by atoms with Crippen LogP contribution in [0.1, 0.15) is 50.8 Å². The fourth-order valence-electron chi connectivity index (χ4n) is 4.14. The molecule has 0 N–H and O–H groups in total. The molecule has 0 radical (unpaired) electrons. The van der Waals surface area contributed by atoms with Crippen molar-refractivity contribution in [2.24, 2.45) is 0 Å². The molecule has 30 heavy (non-hydrogen) atoms. The number of piperidine rings is 1. The summed E-state index contributed by atoms with van der Waals surface area (Å²) in [5.74, 6) is 0. The van der Waals surface area contributed by atoms with E-state index in [1.54, 1.807) is 27.2 Å². The Labute approximate surface area is 181 Å². The topological polar surface area (TPSA) is 64.4 Å². The van der Waals surface area contributed by atoms with Gasteiger partial charge < -0.3 is 9.30 Å². The minimum Gasteiger partial charge on any atom is -0.385 e. The quantitative estimate of drug-likeness (QED) is 0.572. The van der Waals surface area contributed by atoms with Gasteiger partial charge in [0.2, 0.25) is 15.0 Å². The van der Waals surface area contributed by atoms with Crippen LogP contribution in [-0.4, -0.2) is 54.4 Å². The monoisotopic (exact) mass is 433 g/mol. The molecule has 0 aliphatic carbocycles. The fraction of sp³-hybridized carbons (Fsp3) is 0.609. The second-order valence-corrected chi connectivity index (χ2v) is 10.8. The summed E-state index contributed by atoms with van der Waals surface area (Å²) in [6.07, 6.45) is 7.13. The van der Waals surface area contributed by atoms with Crippen molar-refractivity contribution in [1.82, 2.24) is 14.5 Å². The van der Waals surface area contributed by atoms with Crippen LogP contribution in [-0.2, 0) is 34.1 Å². The van der Waals surface area contributed by atoms with Crippen LogP contribution >= 0.6 is 0 Å². The lowest BCUT2D eigenvalue weighted by Gasteiger charge is -2.35.